The molecule has 1 aliphatic heterocycles. The minimum Gasteiger partial charge on any atom is -0.480 e. The van der Waals surface area contributed by atoms with Crippen LogP contribution < -0.4 is 15.5 Å². The number of fused-ring (bicyclic) bond motifs is 1. The fourth-order valence-corrected chi connectivity index (χ4v) is 2.39. The van der Waals surface area contributed by atoms with Crippen LogP contribution in [0.15, 0.2) is 30.3 Å². The lowest BCUT2D eigenvalue weighted by Crippen LogP contribution is -2.30. The molecule has 0 unspecified atom stereocenters. The molecule has 0 atom stereocenters. The Morgan fingerprint density at radius 1 is 1.32 bits per heavy atom. The molecule has 0 aliphatic carbocycles. The molecule has 0 radical (unpaired) electrons. The van der Waals surface area contributed by atoms with Gasteiger partial charge >= 0.3 is 7.12 Å². The molecule has 3 rings (SSSR count). The van der Waals surface area contributed by atoms with E-state index in [1.165, 1.54) is 7.11 Å². The number of anilines is 2. The molecule has 1 aromatic carbocycles. The molecule has 1 aliphatic rings. The molecule has 2 heterocycles. The number of pyridine rings is 1. The summed E-state index contributed by atoms with van der Waals surface area (Å²) in [6, 6.07) is 11.4. The normalized spacial score (nSPS) is 12.7. The summed E-state index contributed by atoms with van der Waals surface area (Å²) in [6.07, 6.45) is 0. The Hall–Kier alpha value is -2.56. The van der Waals surface area contributed by atoms with E-state index < -0.39 is 0 Å². The van der Waals surface area contributed by atoms with Gasteiger partial charge in [0, 0.05) is 12.8 Å². The third kappa shape index (κ3) is 2.62. The maximum absolute atomic E-state index is 8.97. The number of nitrogens with zero attached hydrogens (tertiary/aromatic N) is 2. The van der Waals surface area contributed by atoms with Gasteiger partial charge in [0.15, 0.2) is 0 Å². The van der Waals surface area contributed by atoms with E-state index >= 15 is 0 Å². The Balaban J connectivity index is 1.84. The van der Waals surface area contributed by atoms with Crippen molar-refractivity contribution in [3.8, 4) is 11.9 Å². The van der Waals surface area contributed by atoms with Crippen molar-refractivity contribution < 1.29 is 14.0 Å². The third-order valence-corrected chi connectivity index (χ3v) is 3.45. The molecular weight excluding hydrogens is 281 g/mol. The highest BCUT2D eigenvalue weighted by atomic mass is 16.6. The topological polar surface area (TPSA) is 76.4 Å². The average molecular weight is 295 g/mol. The fourth-order valence-electron chi connectivity index (χ4n) is 2.39. The van der Waals surface area contributed by atoms with E-state index in [9.17, 15) is 0 Å². The first-order chi connectivity index (χ1) is 10.7. The van der Waals surface area contributed by atoms with Crippen LogP contribution in [0, 0.1) is 11.3 Å². The summed E-state index contributed by atoms with van der Waals surface area (Å²) >= 11 is 0. The van der Waals surface area contributed by atoms with Gasteiger partial charge in [0.2, 0.25) is 5.88 Å². The Kier molecular flexibility index (Phi) is 3.96. The highest BCUT2D eigenvalue weighted by Crippen LogP contribution is 2.22. The summed E-state index contributed by atoms with van der Waals surface area (Å²) < 4.78 is 15.9. The number of benzene rings is 1. The van der Waals surface area contributed by atoms with Crippen LogP contribution in [-0.2, 0) is 15.9 Å². The maximum atomic E-state index is 8.97. The van der Waals surface area contributed by atoms with Crippen molar-refractivity contribution in [2.24, 2.45) is 0 Å². The molecule has 6 nitrogen and oxygen atoms in total. The lowest BCUT2D eigenvalue weighted by atomic mass is 9.79. The second-order valence-corrected chi connectivity index (χ2v) is 4.78. The molecule has 7 heteroatoms. The standard InChI is InChI=1S/C15H14BN3O3/c1-20-15-10(8-17)3-6-14(19-15)18-12-4-5-13-11(7-12)9-22-16(13)21-2/h3-7H,9H2,1-2H3,(H,18,19). The fraction of sp³-hybridized carbons (Fsp3) is 0.200. The van der Waals surface area contributed by atoms with Crippen molar-refractivity contribution >= 4 is 24.1 Å². The summed E-state index contributed by atoms with van der Waals surface area (Å²) in [6.45, 7) is 0.521. The molecule has 2 aromatic rings. The number of hydrogen-bond acceptors (Lipinski definition) is 6. The molecule has 0 amide bonds. The third-order valence-electron chi connectivity index (χ3n) is 3.45. The predicted molar refractivity (Wildman–Crippen MR) is 82.4 cm³/mol. The molecular formula is C15H14BN3O3. The second kappa shape index (κ2) is 6.06. The first kappa shape index (κ1) is 14.4. The van der Waals surface area contributed by atoms with Gasteiger partial charge in [0.25, 0.3) is 0 Å². The second-order valence-electron chi connectivity index (χ2n) is 4.78. The Morgan fingerprint density at radius 2 is 2.18 bits per heavy atom. The van der Waals surface area contributed by atoms with Gasteiger partial charge in [-0.3, -0.25) is 0 Å². The van der Waals surface area contributed by atoms with E-state index in [-0.39, 0.29) is 7.12 Å². The van der Waals surface area contributed by atoms with Gasteiger partial charge in [-0.05, 0) is 35.3 Å². The SMILES string of the molecule is COB1OCc2cc(Nc3ccc(C#N)c(OC)n3)ccc21. The van der Waals surface area contributed by atoms with Crippen LogP contribution in [0.4, 0.5) is 11.5 Å². The smallest absolute Gasteiger partial charge is 0.480 e. The Bertz CT molecular complexity index is 745. The van der Waals surface area contributed by atoms with Crippen LogP contribution in [0.2, 0.25) is 0 Å². The van der Waals surface area contributed by atoms with Gasteiger partial charge in [-0.2, -0.15) is 10.2 Å². The van der Waals surface area contributed by atoms with Crippen LogP contribution in [0.5, 0.6) is 5.88 Å². The number of nitriles is 1. The van der Waals surface area contributed by atoms with Gasteiger partial charge in [-0.15, -0.1) is 0 Å². The molecule has 0 spiro atoms. The van der Waals surface area contributed by atoms with Gasteiger partial charge in [0.1, 0.15) is 17.5 Å². The van der Waals surface area contributed by atoms with Gasteiger partial charge in [-0.1, -0.05) is 6.07 Å². The number of methoxy groups -OCH3 is 1. The lowest BCUT2D eigenvalue weighted by molar-refractivity contribution is 0.246. The highest BCUT2D eigenvalue weighted by Gasteiger charge is 2.29. The molecule has 0 bridgehead atoms. The zero-order valence-electron chi connectivity index (χ0n) is 12.3. The molecule has 110 valence electrons. The first-order valence-electron chi connectivity index (χ1n) is 6.74. The van der Waals surface area contributed by atoms with E-state index in [0.717, 1.165) is 16.7 Å². The summed E-state index contributed by atoms with van der Waals surface area (Å²) in [5.41, 5.74) is 3.41. The number of aromatic nitrogens is 1. The van der Waals surface area contributed by atoms with E-state index in [0.29, 0.717) is 23.9 Å². The van der Waals surface area contributed by atoms with Crippen LogP contribution in [0.25, 0.3) is 0 Å². The van der Waals surface area contributed by atoms with Crippen molar-refractivity contribution in [2.75, 3.05) is 19.5 Å². The predicted octanol–water partition coefficient (Wildman–Crippen LogP) is 1.58. The molecule has 1 N–H and O–H groups in total. The highest BCUT2D eigenvalue weighted by molar-refractivity contribution is 6.62. The number of rotatable bonds is 4. The molecule has 1 aromatic heterocycles. The zero-order valence-corrected chi connectivity index (χ0v) is 12.3. The number of nitrogens with one attached hydrogen (secondary N) is 1. The van der Waals surface area contributed by atoms with E-state index in [1.54, 1.807) is 19.2 Å². The first-order valence-corrected chi connectivity index (χ1v) is 6.74. The Labute approximate surface area is 128 Å². The monoisotopic (exact) mass is 295 g/mol. The molecule has 0 saturated carbocycles. The van der Waals surface area contributed by atoms with Crippen molar-refractivity contribution in [1.29, 1.82) is 5.26 Å². The minimum absolute atomic E-state index is 0.294. The minimum atomic E-state index is -0.294. The van der Waals surface area contributed by atoms with Crippen molar-refractivity contribution in [3.05, 3.63) is 41.5 Å². The number of hydrogen-bond donors (Lipinski definition) is 1. The van der Waals surface area contributed by atoms with E-state index in [1.807, 2.05) is 24.3 Å². The molecule has 22 heavy (non-hydrogen) atoms. The summed E-state index contributed by atoms with van der Waals surface area (Å²) in [5.74, 6) is 0.912. The zero-order chi connectivity index (χ0) is 15.5. The lowest BCUT2D eigenvalue weighted by Gasteiger charge is -2.09. The van der Waals surface area contributed by atoms with Crippen molar-refractivity contribution in [1.82, 2.24) is 4.98 Å². The van der Waals surface area contributed by atoms with Crippen LogP contribution in [0.1, 0.15) is 11.1 Å². The average Bonchev–Trinajstić information content (AvgIpc) is 2.97. The van der Waals surface area contributed by atoms with Crippen LogP contribution in [0.3, 0.4) is 0 Å². The van der Waals surface area contributed by atoms with Crippen molar-refractivity contribution in [3.63, 3.8) is 0 Å². The largest absolute Gasteiger partial charge is 0.494 e. The van der Waals surface area contributed by atoms with Crippen LogP contribution >= 0.6 is 0 Å². The Morgan fingerprint density at radius 3 is 2.91 bits per heavy atom. The van der Waals surface area contributed by atoms with Gasteiger partial charge in [-0.25, -0.2) is 0 Å². The summed E-state index contributed by atoms with van der Waals surface area (Å²) in [7, 11) is 2.82. The molecule has 0 saturated heterocycles. The van der Waals surface area contributed by atoms with Gasteiger partial charge in [0.05, 0.1) is 13.7 Å². The maximum Gasteiger partial charge on any atom is 0.494 e. The quantitative estimate of drug-likeness (QED) is 0.863. The van der Waals surface area contributed by atoms with Gasteiger partial charge < -0.3 is 19.4 Å². The van der Waals surface area contributed by atoms with Crippen molar-refractivity contribution in [2.45, 2.75) is 6.61 Å². The summed E-state index contributed by atoms with van der Waals surface area (Å²) in [5, 5.41) is 12.2. The summed E-state index contributed by atoms with van der Waals surface area (Å²) in [4.78, 5) is 4.27. The van der Waals surface area contributed by atoms with Crippen LogP contribution in [-0.4, -0.2) is 26.3 Å². The van der Waals surface area contributed by atoms with E-state index in [4.69, 9.17) is 19.3 Å². The molecule has 0 fully saturated rings. The number of ether oxygens (including phenoxy) is 1. The van der Waals surface area contributed by atoms with E-state index in [2.05, 4.69) is 10.3 Å².